The van der Waals surface area contributed by atoms with Crippen LogP contribution in [0.3, 0.4) is 0 Å². The van der Waals surface area contributed by atoms with Gasteiger partial charge in [-0.2, -0.15) is 13.2 Å². The molecule has 0 aromatic heterocycles. The number of alkyl halides is 3. The van der Waals surface area contributed by atoms with Crippen molar-refractivity contribution in [3.05, 3.63) is 34.9 Å². The van der Waals surface area contributed by atoms with Gasteiger partial charge >= 0.3 is 12.3 Å². The van der Waals surface area contributed by atoms with E-state index < -0.39 is 28.8 Å². The maximum Gasteiger partial charge on any atom is 0.416 e. The molecule has 24 heavy (non-hydrogen) atoms. The van der Waals surface area contributed by atoms with Crippen molar-refractivity contribution < 1.29 is 22.7 Å². The third-order valence-electron chi connectivity index (χ3n) is 3.68. The molecule has 0 aliphatic rings. The SMILES string of the molecule is Cc1cc(C(F)(F)F)ccc1C(C)(CN)CNC(=O)OC(C)(C)C. The number of benzene rings is 1. The maximum absolute atomic E-state index is 12.8. The lowest BCUT2D eigenvalue weighted by Crippen LogP contribution is -2.45. The van der Waals surface area contributed by atoms with E-state index >= 15 is 0 Å². The first-order valence-corrected chi connectivity index (χ1v) is 7.64. The van der Waals surface area contributed by atoms with Crippen LogP contribution in [-0.2, 0) is 16.3 Å². The Morgan fingerprint density at radius 1 is 1.21 bits per heavy atom. The molecule has 0 bridgehead atoms. The van der Waals surface area contributed by atoms with Gasteiger partial charge in [-0.05, 0) is 51.0 Å². The standard InChI is InChI=1S/C17H25F3N2O2/c1-11-8-12(17(18,19)20)6-7-13(11)16(5,9-21)10-22-14(23)24-15(2,3)4/h6-8H,9-10,21H2,1-5H3,(H,22,23). The number of aryl methyl sites for hydroxylation is 1. The molecule has 0 saturated carbocycles. The highest BCUT2D eigenvalue weighted by atomic mass is 19.4. The van der Waals surface area contributed by atoms with Gasteiger partial charge in [0.15, 0.2) is 0 Å². The molecule has 0 fully saturated rings. The van der Waals surface area contributed by atoms with Crippen LogP contribution in [0.2, 0.25) is 0 Å². The fourth-order valence-corrected chi connectivity index (χ4v) is 2.38. The number of halogens is 3. The summed E-state index contributed by atoms with van der Waals surface area (Å²) >= 11 is 0. The van der Waals surface area contributed by atoms with Crippen molar-refractivity contribution >= 4 is 6.09 Å². The second kappa shape index (κ2) is 7.01. The van der Waals surface area contributed by atoms with Crippen molar-refractivity contribution in [2.24, 2.45) is 5.73 Å². The molecule has 0 radical (unpaired) electrons. The van der Waals surface area contributed by atoms with Gasteiger partial charge in [0.1, 0.15) is 5.60 Å². The van der Waals surface area contributed by atoms with Gasteiger partial charge in [0.05, 0.1) is 5.56 Å². The Balaban J connectivity index is 2.97. The van der Waals surface area contributed by atoms with Crippen molar-refractivity contribution in [2.75, 3.05) is 13.1 Å². The molecule has 1 unspecified atom stereocenters. The van der Waals surface area contributed by atoms with E-state index in [1.807, 2.05) is 0 Å². The first-order chi connectivity index (χ1) is 10.8. The zero-order valence-electron chi connectivity index (χ0n) is 14.7. The van der Waals surface area contributed by atoms with Crippen LogP contribution in [0.1, 0.15) is 44.4 Å². The van der Waals surface area contributed by atoms with Gasteiger partial charge in [-0.25, -0.2) is 4.79 Å². The number of carbonyl (C=O) groups excluding carboxylic acids is 1. The summed E-state index contributed by atoms with van der Waals surface area (Å²) in [5, 5.41) is 2.64. The molecule has 0 spiro atoms. The summed E-state index contributed by atoms with van der Waals surface area (Å²) in [4.78, 5) is 11.8. The summed E-state index contributed by atoms with van der Waals surface area (Å²) in [6.07, 6.45) is -4.98. The van der Waals surface area contributed by atoms with Gasteiger partial charge in [-0.15, -0.1) is 0 Å². The van der Waals surface area contributed by atoms with Crippen molar-refractivity contribution in [1.29, 1.82) is 0 Å². The zero-order valence-corrected chi connectivity index (χ0v) is 14.7. The highest BCUT2D eigenvalue weighted by Gasteiger charge is 2.33. The molecule has 3 N–H and O–H groups in total. The van der Waals surface area contributed by atoms with Crippen LogP contribution < -0.4 is 11.1 Å². The topological polar surface area (TPSA) is 64.3 Å². The van der Waals surface area contributed by atoms with Crippen LogP contribution in [0.15, 0.2) is 18.2 Å². The number of ether oxygens (including phenoxy) is 1. The number of nitrogens with two attached hydrogens (primary N) is 1. The minimum absolute atomic E-state index is 0.157. The predicted molar refractivity (Wildman–Crippen MR) is 86.8 cm³/mol. The highest BCUT2D eigenvalue weighted by Crippen LogP contribution is 2.33. The van der Waals surface area contributed by atoms with Crippen LogP contribution in [0.4, 0.5) is 18.0 Å². The monoisotopic (exact) mass is 346 g/mol. The van der Waals surface area contributed by atoms with Crippen molar-refractivity contribution in [1.82, 2.24) is 5.32 Å². The van der Waals surface area contributed by atoms with Crippen LogP contribution in [-0.4, -0.2) is 24.8 Å². The molecule has 1 amide bonds. The van der Waals surface area contributed by atoms with Crippen LogP contribution >= 0.6 is 0 Å². The first kappa shape index (κ1) is 20.3. The van der Waals surface area contributed by atoms with Gasteiger partial charge in [-0.1, -0.05) is 13.0 Å². The summed E-state index contributed by atoms with van der Waals surface area (Å²) in [6, 6.07) is 3.54. The van der Waals surface area contributed by atoms with E-state index in [4.69, 9.17) is 10.5 Å². The molecule has 1 aromatic rings. The Morgan fingerprint density at radius 3 is 2.21 bits per heavy atom. The molecule has 0 heterocycles. The van der Waals surface area contributed by atoms with Gasteiger partial charge in [0, 0.05) is 18.5 Å². The fraction of sp³-hybridized carbons (Fsp3) is 0.588. The Kier molecular flexibility index (Phi) is 5.92. The molecular formula is C17H25F3N2O2. The van der Waals surface area contributed by atoms with E-state index in [-0.39, 0.29) is 13.1 Å². The maximum atomic E-state index is 12.8. The number of rotatable bonds is 4. The van der Waals surface area contributed by atoms with Crippen LogP contribution in [0.25, 0.3) is 0 Å². The number of alkyl carbamates (subject to hydrolysis) is 1. The number of nitrogens with one attached hydrogen (secondary N) is 1. The number of carbonyl (C=O) groups is 1. The first-order valence-electron chi connectivity index (χ1n) is 7.64. The van der Waals surface area contributed by atoms with Crippen LogP contribution in [0, 0.1) is 6.92 Å². The minimum atomic E-state index is -4.39. The quantitative estimate of drug-likeness (QED) is 0.872. The average Bonchev–Trinajstić information content (AvgIpc) is 2.42. The molecule has 1 atom stereocenters. The lowest BCUT2D eigenvalue weighted by Gasteiger charge is -2.31. The van der Waals surface area contributed by atoms with Gasteiger partial charge in [0.2, 0.25) is 0 Å². The second-order valence-electron chi connectivity index (χ2n) is 7.15. The molecule has 0 aliphatic carbocycles. The van der Waals surface area contributed by atoms with E-state index in [2.05, 4.69) is 5.32 Å². The summed E-state index contributed by atoms with van der Waals surface area (Å²) in [5.74, 6) is 0. The zero-order chi connectivity index (χ0) is 18.8. The second-order valence-corrected chi connectivity index (χ2v) is 7.15. The minimum Gasteiger partial charge on any atom is -0.444 e. The smallest absolute Gasteiger partial charge is 0.416 e. The third kappa shape index (κ3) is 5.40. The van der Waals surface area contributed by atoms with Crippen molar-refractivity contribution in [3.8, 4) is 0 Å². The van der Waals surface area contributed by atoms with Crippen molar-refractivity contribution in [2.45, 2.75) is 51.8 Å². The Labute approximate surface area is 140 Å². The fourth-order valence-electron chi connectivity index (χ4n) is 2.38. The summed E-state index contributed by atoms with van der Waals surface area (Å²) in [5.41, 5.74) is 4.93. The predicted octanol–water partition coefficient (Wildman–Crippen LogP) is 3.75. The molecule has 1 aromatic carbocycles. The Bertz CT molecular complexity index is 594. The van der Waals surface area contributed by atoms with E-state index in [0.29, 0.717) is 11.1 Å². The summed E-state index contributed by atoms with van der Waals surface area (Å²) in [6.45, 7) is 8.95. The lowest BCUT2D eigenvalue weighted by molar-refractivity contribution is -0.137. The molecule has 0 aliphatic heterocycles. The molecule has 136 valence electrons. The molecular weight excluding hydrogens is 321 g/mol. The molecule has 4 nitrogen and oxygen atoms in total. The largest absolute Gasteiger partial charge is 0.444 e. The average molecular weight is 346 g/mol. The van der Waals surface area contributed by atoms with Gasteiger partial charge < -0.3 is 15.8 Å². The highest BCUT2D eigenvalue weighted by molar-refractivity contribution is 5.67. The molecule has 7 heteroatoms. The van der Waals surface area contributed by atoms with Gasteiger partial charge in [0.25, 0.3) is 0 Å². The van der Waals surface area contributed by atoms with E-state index in [0.717, 1.165) is 12.1 Å². The number of hydrogen-bond acceptors (Lipinski definition) is 3. The Hall–Kier alpha value is -1.76. The number of hydrogen-bond donors (Lipinski definition) is 2. The van der Waals surface area contributed by atoms with Crippen molar-refractivity contribution in [3.63, 3.8) is 0 Å². The van der Waals surface area contributed by atoms with Gasteiger partial charge in [-0.3, -0.25) is 0 Å². The third-order valence-corrected chi connectivity index (χ3v) is 3.68. The Morgan fingerprint density at radius 2 is 1.79 bits per heavy atom. The summed E-state index contributed by atoms with van der Waals surface area (Å²) in [7, 11) is 0. The number of amides is 1. The van der Waals surface area contributed by atoms with E-state index in [9.17, 15) is 18.0 Å². The molecule has 0 saturated heterocycles. The van der Waals surface area contributed by atoms with E-state index in [1.54, 1.807) is 34.6 Å². The van der Waals surface area contributed by atoms with Crippen LogP contribution in [0.5, 0.6) is 0 Å². The summed E-state index contributed by atoms with van der Waals surface area (Å²) < 4.78 is 43.5. The van der Waals surface area contributed by atoms with E-state index in [1.165, 1.54) is 6.07 Å². The molecule has 1 rings (SSSR count). The normalized spacial score (nSPS) is 14.9. The lowest BCUT2D eigenvalue weighted by atomic mass is 9.79.